The second-order valence-electron chi connectivity index (χ2n) is 2.94. The molecule has 0 fully saturated rings. The average Bonchev–Trinajstić information content (AvgIpc) is 2.45. The van der Waals surface area contributed by atoms with Crippen molar-refractivity contribution in [1.29, 1.82) is 5.26 Å². The van der Waals surface area contributed by atoms with E-state index >= 15 is 0 Å². The predicted octanol–water partition coefficient (Wildman–Crippen LogP) is -0.754. The van der Waals surface area contributed by atoms with Crippen LogP contribution in [-0.2, 0) is 18.3 Å². The molecule has 6 nitrogen and oxygen atoms in total. The molecule has 74 valence electrons. The molecule has 0 aliphatic carbocycles. The Morgan fingerprint density at radius 3 is 3.07 bits per heavy atom. The van der Waals surface area contributed by atoms with Gasteiger partial charge >= 0.3 is 5.97 Å². The fourth-order valence-corrected chi connectivity index (χ4v) is 1.11. The van der Waals surface area contributed by atoms with Crippen molar-refractivity contribution < 1.29 is 9.90 Å². The van der Waals surface area contributed by atoms with Gasteiger partial charge in [0.05, 0.1) is 0 Å². The number of carbonyl (C=O) groups is 1. The topological polar surface area (TPSA) is 105 Å². The number of nitrogens with two attached hydrogens (primary N) is 1. The van der Waals surface area contributed by atoms with Crippen molar-refractivity contribution in [3.8, 4) is 6.07 Å². The number of carboxylic acid groups (broad SMARTS) is 1. The number of nitrogens with zero attached hydrogens (tertiary/aromatic N) is 3. The maximum Gasteiger partial charge on any atom is 0.320 e. The summed E-state index contributed by atoms with van der Waals surface area (Å²) in [7, 11) is 1.66. The third kappa shape index (κ3) is 2.08. The Kier molecular flexibility index (Phi) is 2.84. The van der Waals surface area contributed by atoms with E-state index in [1.54, 1.807) is 13.2 Å². The van der Waals surface area contributed by atoms with Crippen LogP contribution >= 0.6 is 0 Å². The summed E-state index contributed by atoms with van der Waals surface area (Å²) in [5, 5.41) is 21.1. The molecular formula is C8H10N4O2. The number of hydrogen-bond donors (Lipinski definition) is 2. The van der Waals surface area contributed by atoms with E-state index in [-0.39, 0.29) is 12.1 Å². The highest BCUT2D eigenvalue weighted by molar-refractivity contribution is 5.73. The van der Waals surface area contributed by atoms with E-state index in [0.29, 0.717) is 5.56 Å². The SMILES string of the molecule is Cn1cc(CC(N)C(=O)O)c(C#N)n1. The van der Waals surface area contributed by atoms with E-state index in [4.69, 9.17) is 16.1 Å². The highest BCUT2D eigenvalue weighted by atomic mass is 16.4. The zero-order chi connectivity index (χ0) is 10.7. The summed E-state index contributed by atoms with van der Waals surface area (Å²) in [6, 6.07) is 0.886. The third-order valence-corrected chi connectivity index (χ3v) is 1.77. The first-order chi connectivity index (χ1) is 6.54. The molecule has 0 saturated heterocycles. The summed E-state index contributed by atoms with van der Waals surface area (Å²) in [5.41, 5.74) is 6.12. The van der Waals surface area contributed by atoms with E-state index in [0.717, 1.165) is 0 Å². The number of nitriles is 1. The molecule has 1 atom stereocenters. The van der Waals surface area contributed by atoms with Crippen LogP contribution in [0.1, 0.15) is 11.3 Å². The number of aryl methyl sites for hydroxylation is 1. The predicted molar refractivity (Wildman–Crippen MR) is 47.2 cm³/mol. The molecule has 1 rings (SSSR count). The molecule has 0 aliphatic rings. The van der Waals surface area contributed by atoms with E-state index in [1.165, 1.54) is 4.68 Å². The van der Waals surface area contributed by atoms with Crippen molar-refractivity contribution in [2.24, 2.45) is 12.8 Å². The van der Waals surface area contributed by atoms with Crippen LogP contribution in [0, 0.1) is 11.3 Å². The monoisotopic (exact) mass is 194 g/mol. The van der Waals surface area contributed by atoms with Gasteiger partial charge in [-0.05, 0) is 0 Å². The lowest BCUT2D eigenvalue weighted by Gasteiger charge is -2.03. The second-order valence-corrected chi connectivity index (χ2v) is 2.94. The van der Waals surface area contributed by atoms with E-state index in [1.807, 2.05) is 6.07 Å². The van der Waals surface area contributed by atoms with Gasteiger partial charge in [0.25, 0.3) is 0 Å². The molecule has 1 unspecified atom stereocenters. The van der Waals surface area contributed by atoms with Gasteiger partial charge in [0, 0.05) is 25.2 Å². The van der Waals surface area contributed by atoms with Crippen LogP contribution in [0.5, 0.6) is 0 Å². The molecule has 3 N–H and O–H groups in total. The Morgan fingerprint density at radius 2 is 2.57 bits per heavy atom. The number of rotatable bonds is 3. The molecule has 1 aromatic rings. The van der Waals surface area contributed by atoms with E-state index in [2.05, 4.69) is 5.10 Å². The van der Waals surface area contributed by atoms with Gasteiger partial charge in [-0.1, -0.05) is 0 Å². The summed E-state index contributed by atoms with van der Waals surface area (Å²) < 4.78 is 1.46. The van der Waals surface area contributed by atoms with Crippen molar-refractivity contribution in [3.63, 3.8) is 0 Å². The van der Waals surface area contributed by atoms with Gasteiger partial charge in [-0.2, -0.15) is 10.4 Å². The van der Waals surface area contributed by atoms with Gasteiger partial charge in [0.2, 0.25) is 0 Å². The standard InChI is InChI=1S/C8H10N4O2/c1-12-4-5(7(3-9)11-12)2-6(10)8(13)14/h4,6H,2,10H2,1H3,(H,13,14). The number of hydrogen-bond acceptors (Lipinski definition) is 4. The van der Waals surface area contributed by atoms with Gasteiger partial charge in [-0.3, -0.25) is 9.48 Å². The van der Waals surface area contributed by atoms with Gasteiger partial charge < -0.3 is 10.8 Å². The number of aliphatic carboxylic acids is 1. The average molecular weight is 194 g/mol. The molecule has 0 amide bonds. The molecular weight excluding hydrogens is 184 g/mol. The van der Waals surface area contributed by atoms with Gasteiger partial charge in [0.15, 0.2) is 5.69 Å². The number of carboxylic acids is 1. The minimum atomic E-state index is -1.09. The van der Waals surface area contributed by atoms with Crippen molar-refractivity contribution in [3.05, 3.63) is 17.5 Å². The molecule has 14 heavy (non-hydrogen) atoms. The lowest BCUT2D eigenvalue weighted by molar-refractivity contribution is -0.138. The van der Waals surface area contributed by atoms with Crippen molar-refractivity contribution in [1.82, 2.24) is 9.78 Å². The molecule has 0 saturated carbocycles. The highest BCUT2D eigenvalue weighted by Crippen LogP contribution is 2.07. The van der Waals surface area contributed by atoms with E-state index in [9.17, 15) is 4.79 Å². The fraction of sp³-hybridized carbons (Fsp3) is 0.375. The lowest BCUT2D eigenvalue weighted by atomic mass is 10.1. The molecule has 1 aromatic heterocycles. The van der Waals surface area contributed by atoms with Crippen LogP contribution in [-0.4, -0.2) is 26.9 Å². The second kappa shape index (κ2) is 3.89. The maximum atomic E-state index is 10.5. The third-order valence-electron chi connectivity index (χ3n) is 1.77. The molecule has 1 heterocycles. The van der Waals surface area contributed by atoms with Crippen LogP contribution in [0.3, 0.4) is 0 Å². The van der Waals surface area contributed by atoms with E-state index < -0.39 is 12.0 Å². The normalized spacial score (nSPS) is 12.1. The zero-order valence-electron chi connectivity index (χ0n) is 7.64. The van der Waals surface area contributed by atoms with Gasteiger partial charge in [0.1, 0.15) is 12.1 Å². The summed E-state index contributed by atoms with van der Waals surface area (Å²) in [6.07, 6.45) is 1.72. The Labute approximate surface area is 80.6 Å². The number of aromatic nitrogens is 2. The Morgan fingerprint density at radius 1 is 1.93 bits per heavy atom. The summed E-state index contributed by atoms with van der Waals surface area (Å²) in [5.74, 6) is -1.09. The summed E-state index contributed by atoms with van der Waals surface area (Å²) in [4.78, 5) is 10.5. The zero-order valence-corrected chi connectivity index (χ0v) is 7.64. The smallest absolute Gasteiger partial charge is 0.320 e. The van der Waals surface area contributed by atoms with Gasteiger partial charge in [-0.25, -0.2) is 0 Å². The Balaban J connectivity index is 2.86. The highest BCUT2D eigenvalue weighted by Gasteiger charge is 2.16. The molecule has 0 bridgehead atoms. The largest absolute Gasteiger partial charge is 0.480 e. The molecule has 0 aliphatic heterocycles. The van der Waals surface area contributed by atoms with Gasteiger partial charge in [-0.15, -0.1) is 0 Å². The van der Waals surface area contributed by atoms with Crippen LogP contribution in [0.25, 0.3) is 0 Å². The molecule has 0 radical (unpaired) electrons. The Bertz CT molecular complexity index is 391. The van der Waals surface area contributed by atoms with Crippen LogP contribution in [0.4, 0.5) is 0 Å². The van der Waals surface area contributed by atoms with Crippen LogP contribution < -0.4 is 5.73 Å². The summed E-state index contributed by atoms with van der Waals surface area (Å²) >= 11 is 0. The van der Waals surface area contributed by atoms with Crippen LogP contribution in [0.2, 0.25) is 0 Å². The molecule has 6 heteroatoms. The lowest BCUT2D eigenvalue weighted by Crippen LogP contribution is -2.32. The molecule has 0 spiro atoms. The van der Waals surface area contributed by atoms with Crippen molar-refractivity contribution >= 4 is 5.97 Å². The minimum absolute atomic E-state index is 0.117. The first-order valence-electron chi connectivity index (χ1n) is 3.95. The molecule has 0 aromatic carbocycles. The quantitative estimate of drug-likeness (QED) is 0.658. The summed E-state index contributed by atoms with van der Waals surface area (Å²) in [6.45, 7) is 0. The Hall–Kier alpha value is -1.87. The van der Waals surface area contributed by atoms with Crippen LogP contribution in [0.15, 0.2) is 6.20 Å². The van der Waals surface area contributed by atoms with Crippen molar-refractivity contribution in [2.45, 2.75) is 12.5 Å². The van der Waals surface area contributed by atoms with Crippen molar-refractivity contribution in [2.75, 3.05) is 0 Å². The first-order valence-corrected chi connectivity index (χ1v) is 3.95. The fourth-order valence-electron chi connectivity index (χ4n) is 1.11. The first kappa shape index (κ1) is 10.2. The maximum absolute atomic E-state index is 10.5. The minimum Gasteiger partial charge on any atom is -0.480 e.